The van der Waals surface area contributed by atoms with Gasteiger partial charge in [-0.25, -0.2) is 4.98 Å². The van der Waals surface area contributed by atoms with Crippen molar-refractivity contribution in [2.45, 2.75) is 44.2 Å². The second-order valence-electron chi connectivity index (χ2n) is 5.95. The highest BCUT2D eigenvalue weighted by molar-refractivity contribution is 5.75. The number of nitrogens with zero attached hydrogens (tertiary/aromatic N) is 2. The van der Waals surface area contributed by atoms with Gasteiger partial charge >= 0.3 is 0 Å². The Hall–Kier alpha value is -1.47. The van der Waals surface area contributed by atoms with Gasteiger partial charge in [0.05, 0.1) is 24.0 Å². The summed E-state index contributed by atoms with van der Waals surface area (Å²) in [5.74, 6) is -0.666. The summed E-state index contributed by atoms with van der Waals surface area (Å²) in [5, 5.41) is 9.53. The van der Waals surface area contributed by atoms with E-state index in [2.05, 4.69) is 4.98 Å². The van der Waals surface area contributed by atoms with Crippen molar-refractivity contribution in [1.29, 1.82) is 0 Å². The molecule has 1 aromatic carbocycles. The monoisotopic (exact) mass is 290 g/mol. The smallest absolute Gasteiger partial charge is 0.165 e. The molecule has 112 valence electrons. The number of hydrogen-bond donors (Lipinski definition) is 1. The minimum atomic E-state index is -0.666. The van der Waals surface area contributed by atoms with Gasteiger partial charge in [0.15, 0.2) is 12.0 Å². The predicted molar refractivity (Wildman–Crippen MR) is 74.6 cm³/mol. The Morgan fingerprint density at radius 3 is 2.81 bits per heavy atom. The van der Waals surface area contributed by atoms with Crippen molar-refractivity contribution >= 4 is 11.0 Å². The van der Waals surface area contributed by atoms with E-state index in [-0.39, 0.29) is 31.1 Å². The van der Waals surface area contributed by atoms with Crippen molar-refractivity contribution in [3.8, 4) is 0 Å². The zero-order chi connectivity index (χ0) is 14.6. The molecule has 21 heavy (non-hydrogen) atoms. The first-order chi connectivity index (χ1) is 10.1. The molecule has 0 spiro atoms. The van der Waals surface area contributed by atoms with Crippen LogP contribution < -0.4 is 0 Å². The highest BCUT2D eigenvalue weighted by atomic mass is 16.8. The lowest BCUT2D eigenvalue weighted by atomic mass is 10.1. The van der Waals surface area contributed by atoms with Crippen LogP contribution in [-0.4, -0.2) is 45.4 Å². The summed E-state index contributed by atoms with van der Waals surface area (Å²) in [6.45, 7) is 3.66. The van der Waals surface area contributed by atoms with E-state index >= 15 is 0 Å². The number of para-hydroxylation sites is 2. The Labute approximate surface area is 122 Å². The van der Waals surface area contributed by atoms with Crippen LogP contribution in [0.1, 0.15) is 20.1 Å². The molecule has 3 heterocycles. The van der Waals surface area contributed by atoms with E-state index in [4.69, 9.17) is 14.2 Å². The maximum Gasteiger partial charge on any atom is 0.165 e. The standard InChI is InChI=1S/C15H18N2O4/c1-15(2)20-12-11(7-18)19-14(13(12)21-15)17-8-16-9-5-3-4-6-10(9)17/h3-6,8,11-14,18H,7H2,1-2H3/t11-,12-,13-,14+/m1/s1. The lowest BCUT2D eigenvalue weighted by Crippen LogP contribution is -2.31. The summed E-state index contributed by atoms with van der Waals surface area (Å²) in [6.07, 6.45) is 0.496. The van der Waals surface area contributed by atoms with Crippen LogP contribution >= 0.6 is 0 Å². The lowest BCUT2D eigenvalue weighted by Gasteiger charge is -2.24. The number of hydrogen-bond acceptors (Lipinski definition) is 5. The van der Waals surface area contributed by atoms with Crippen molar-refractivity contribution < 1.29 is 19.3 Å². The molecule has 1 aromatic heterocycles. The Balaban J connectivity index is 1.75. The molecule has 2 aromatic rings. The molecule has 2 aliphatic rings. The number of rotatable bonds is 2. The van der Waals surface area contributed by atoms with Crippen molar-refractivity contribution in [2.75, 3.05) is 6.61 Å². The highest BCUT2D eigenvalue weighted by Crippen LogP contribution is 2.43. The van der Waals surface area contributed by atoms with Crippen LogP contribution in [-0.2, 0) is 14.2 Å². The fraction of sp³-hybridized carbons (Fsp3) is 0.533. The average molecular weight is 290 g/mol. The fourth-order valence-corrected chi connectivity index (χ4v) is 3.21. The molecule has 0 unspecified atom stereocenters. The predicted octanol–water partition coefficient (Wildman–Crippen LogP) is 1.45. The molecule has 2 aliphatic heterocycles. The van der Waals surface area contributed by atoms with Crippen molar-refractivity contribution in [3.05, 3.63) is 30.6 Å². The van der Waals surface area contributed by atoms with E-state index in [1.54, 1.807) is 6.33 Å². The summed E-state index contributed by atoms with van der Waals surface area (Å²) in [7, 11) is 0. The van der Waals surface area contributed by atoms with Crippen LogP contribution in [0, 0.1) is 0 Å². The molecule has 0 aliphatic carbocycles. The molecule has 2 fully saturated rings. The summed E-state index contributed by atoms with van der Waals surface area (Å²) in [4.78, 5) is 4.39. The maximum atomic E-state index is 9.53. The van der Waals surface area contributed by atoms with E-state index < -0.39 is 5.79 Å². The zero-order valence-corrected chi connectivity index (χ0v) is 12.0. The molecular weight excluding hydrogens is 272 g/mol. The molecule has 2 saturated heterocycles. The van der Waals surface area contributed by atoms with Gasteiger partial charge < -0.3 is 23.9 Å². The molecule has 0 amide bonds. The second-order valence-corrected chi connectivity index (χ2v) is 5.95. The van der Waals surface area contributed by atoms with Crippen LogP contribution in [0.25, 0.3) is 11.0 Å². The molecular formula is C15H18N2O4. The Morgan fingerprint density at radius 2 is 2.00 bits per heavy atom. The summed E-state index contributed by atoms with van der Waals surface area (Å²) < 4.78 is 19.8. The molecule has 0 bridgehead atoms. The van der Waals surface area contributed by atoms with Crippen LogP contribution in [0.2, 0.25) is 0 Å². The molecule has 6 nitrogen and oxygen atoms in total. The quantitative estimate of drug-likeness (QED) is 0.906. The number of ether oxygens (including phenoxy) is 3. The van der Waals surface area contributed by atoms with Crippen molar-refractivity contribution in [1.82, 2.24) is 9.55 Å². The normalized spacial score (nSPS) is 34.4. The van der Waals surface area contributed by atoms with Gasteiger partial charge in [-0.1, -0.05) is 12.1 Å². The zero-order valence-electron chi connectivity index (χ0n) is 12.0. The topological polar surface area (TPSA) is 65.7 Å². The SMILES string of the molecule is CC1(C)O[C@@H]2[C@H](O1)[C@@H](CO)O[C@@H]2n1cnc2ccccc21. The number of benzene rings is 1. The van der Waals surface area contributed by atoms with Crippen LogP contribution in [0.15, 0.2) is 30.6 Å². The third-order valence-electron chi connectivity index (χ3n) is 4.06. The van der Waals surface area contributed by atoms with Gasteiger partial charge in [-0.15, -0.1) is 0 Å². The molecule has 4 atom stereocenters. The number of fused-ring (bicyclic) bond motifs is 2. The average Bonchev–Trinajstić information content (AvgIpc) is 3.09. The number of aliphatic hydroxyl groups is 1. The Kier molecular flexibility index (Phi) is 2.84. The van der Waals surface area contributed by atoms with Gasteiger partial charge in [-0.05, 0) is 26.0 Å². The molecule has 4 rings (SSSR count). The van der Waals surface area contributed by atoms with Crippen molar-refractivity contribution in [2.24, 2.45) is 0 Å². The van der Waals surface area contributed by atoms with Crippen molar-refractivity contribution in [3.63, 3.8) is 0 Å². The maximum absolute atomic E-state index is 9.53. The van der Waals surface area contributed by atoms with E-state index in [1.165, 1.54) is 0 Å². The first kappa shape index (κ1) is 13.2. The van der Waals surface area contributed by atoms with Gasteiger partial charge in [-0.3, -0.25) is 0 Å². The first-order valence-corrected chi connectivity index (χ1v) is 7.12. The van der Waals surface area contributed by atoms with Gasteiger partial charge in [0.2, 0.25) is 0 Å². The van der Waals surface area contributed by atoms with E-state index in [9.17, 15) is 5.11 Å². The Morgan fingerprint density at radius 1 is 1.24 bits per heavy atom. The third kappa shape index (κ3) is 1.98. The second kappa shape index (κ2) is 4.51. The van der Waals surface area contributed by atoms with E-state index in [0.29, 0.717) is 0 Å². The van der Waals surface area contributed by atoms with Crippen LogP contribution in [0.5, 0.6) is 0 Å². The van der Waals surface area contributed by atoms with E-state index in [0.717, 1.165) is 11.0 Å². The summed E-state index contributed by atoms with van der Waals surface area (Å²) in [6, 6.07) is 7.87. The first-order valence-electron chi connectivity index (χ1n) is 7.12. The number of imidazole rings is 1. The number of aromatic nitrogens is 2. The largest absolute Gasteiger partial charge is 0.394 e. The summed E-state index contributed by atoms with van der Waals surface area (Å²) in [5.41, 5.74) is 1.89. The number of aliphatic hydroxyl groups excluding tert-OH is 1. The molecule has 1 N–H and O–H groups in total. The molecule has 6 heteroatoms. The third-order valence-corrected chi connectivity index (χ3v) is 4.06. The van der Waals surface area contributed by atoms with Crippen LogP contribution in [0.3, 0.4) is 0 Å². The van der Waals surface area contributed by atoms with Gasteiger partial charge in [0.25, 0.3) is 0 Å². The molecule has 0 saturated carbocycles. The Bertz CT molecular complexity index is 668. The lowest BCUT2D eigenvalue weighted by molar-refractivity contribution is -0.199. The van der Waals surface area contributed by atoms with Gasteiger partial charge in [0, 0.05) is 0 Å². The fourth-order valence-electron chi connectivity index (χ4n) is 3.21. The molecule has 0 radical (unpaired) electrons. The minimum absolute atomic E-state index is 0.0935. The highest BCUT2D eigenvalue weighted by Gasteiger charge is 2.55. The van der Waals surface area contributed by atoms with E-state index in [1.807, 2.05) is 42.7 Å². The van der Waals surface area contributed by atoms with Gasteiger partial charge in [0.1, 0.15) is 18.3 Å². The van der Waals surface area contributed by atoms with Crippen LogP contribution in [0.4, 0.5) is 0 Å². The minimum Gasteiger partial charge on any atom is -0.394 e. The van der Waals surface area contributed by atoms with Gasteiger partial charge in [-0.2, -0.15) is 0 Å². The summed E-state index contributed by atoms with van der Waals surface area (Å²) >= 11 is 0.